The Morgan fingerprint density at radius 2 is 2.05 bits per heavy atom. The molecule has 116 valence electrons. The van der Waals surface area contributed by atoms with Gasteiger partial charge < -0.3 is 4.74 Å². The van der Waals surface area contributed by atoms with Crippen LogP contribution in [0, 0.1) is 0 Å². The van der Waals surface area contributed by atoms with Gasteiger partial charge in [-0.15, -0.1) is 0 Å². The molecule has 1 N–H and O–H groups in total. The Balaban J connectivity index is 2.22. The van der Waals surface area contributed by atoms with E-state index in [1.807, 2.05) is 0 Å². The maximum atomic E-state index is 12.4. The highest BCUT2D eigenvalue weighted by atomic mass is 35.5. The molecule has 0 bridgehead atoms. The molecule has 0 spiro atoms. The van der Waals surface area contributed by atoms with E-state index in [9.17, 15) is 8.78 Å². The van der Waals surface area contributed by atoms with Gasteiger partial charge in [-0.2, -0.15) is 13.9 Å². The summed E-state index contributed by atoms with van der Waals surface area (Å²) in [6.07, 6.45) is 1.41. The fourth-order valence-electron chi connectivity index (χ4n) is 1.66. The molecule has 2 aromatic rings. The van der Waals surface area contributed by atoms with Crippen LogP contribution in [0.4, 0.5) is 14.6 Å². The Bertz CT molecular complexity index is 696. The highest BCUT2D eigenvalue weighted by Gasteiger charge is 2.11. The number of hydrazone groups is 1. The summed E-state index contributed by atoms with van der Waals surface area (Å²) in [5.41, 5.74) is 3.53. The van der Waals surface area contributed by atoms with Crippen LogP contribution in [0.1, 0.15) is 12.5 Å². The number of halogens is 4. The van der Waals surface area contributed by atoms with Gasteiger partial charge in [0, 0.05) is 11.8 Å². The monoisotopic (exact) mass is 345 g/mol. The van der Waals surface area contributed by atoms with Crippen molar-refractivity contribution in [2.75, 3.05) is 5.43 Å². The first-order valence-corrected chi connectivity index (χ1v) is 6.88. The largest absolute Gasteiger partial charge is 0.434 e. The van der Waals surface area contributed by atoms with Gasteiger partial charge in [0.2, 0.25) is 0 Å². The van der Waals surface area contributed by atoms with E-state index in [-0.39, 0.29) is 5.75 Å². The molecule has 0 unspecified atom stereocenters. The van der Waals surface area contributed by atoms with Crippen LogP contribution >= 0.6 is 23.2 Å². The third kappa shape index (κ3) is 4.29. The van der Waals surface area contributed by atoms with Gasteiger partial charge >= 0.3 is 6.61 Å². The van der Waals surface area contributed by atoms with Gasteiger partial charge in [0.15, 0.2) is 5.82 Å². The van der Waals surface area contributed by atoms with Crippen molar-refractivity contribution in [2.24, 2.45) is 5.10 Å². The molecule has 0 aliphatic rings. The second-order valence-corrected chi connectivity index (χ2v) is 5.01. The maximum Gasteiger partial charge on any atom is 0.387 e. The van der Waals surface area contributed by atoms with E-state index in [1.54, 1.807) is 25.1 Å². The summed E-state index contributed by atoms with van der Waals surface area (Å²) >= 11 is 11.7. The zero-order valence-electron chi connectivity index (χ0n) is 11.4. The van der Waals surface area contributed by atoms with E-state index >= 15 is 0 Å². The number of aromatic nitrogens is 1. The second kappa shape index (κ2) is 7.38. The Morgan fingerprint density at radius 3 is 2.73 bits per heavy atom. The number of hydrogen-bond donors (Lipinski definition) is 1. The van der Waals surface area contributed by atoms with E-state index in [0.717, 1.165) is 0 Å². The van der Waals surface area contributed by atoms with Crippen molar-refractivity contribution in [3.05, 3.63) is 52.1 Å². The third-order valence-electron chi connectivity index (χ3n) is 2.63. The van der Waals surface area contributed by atoms with Crippen molar-refractivity contribution in [1.82, 2.24) is 4.98 Å². The first-order valence-electron chi connectivity index (χ1n) is 6.13. The van der Waals surface area contributed by atoms with E-state index in [0.29, 0.717) is 27.1 Å². The van der Waals surface area contributed by atoms with Crippen LogP contribution in [0.3, 0.4) is 0 Å². The summed E-state index contributed by atoms with van der Waals surface area (Å²) in [6.45, 7) is -1.26. The highest BCUT2D eigenvalue weighted by Crippen LogP contribution is 2.24. The molecule has 0 fully saturated rings. The standard InChI is InChI=1S/C14H11Cl2F2N3O/c1-8(10-4-2-3-5-12(10)22-14(17)18)20-21-13-11(16)6-9(15)7-19-13/h2-7,14H,1H3,(H,19,21)/b20-8+. The van der Waals surface area contributed by atoms with Crippen LogP contribution in [0.5, 0.6) is 5.75 Å². The molecule has 0 atom stereocenters. The quantitative estimate of drug-likeness (QED) is 0.623. The van der Waals surface area contributed by atoms with Gasteiger partial charge in [0.1, 0.15) is 5.75 Å². The SMILES string of the molecule is C/C(=N\Nc1ncc(Cl)cc1Cl)c1ccccc1OC(F)F. The summed E-state index contributed by atoms with van der Waals surface area (Å²) < 4.78 is 29.2. The minimum absolute atomic E-state index is 0.0377. The molecule has 1 heterocycles. The average molecular weight is 346 g/mol. The minimum atomic E-state index is -2.91. The maximum absolute atomic E-state index is 12.4. The fourth-order valence-corrected chi connectivity index (χ4v) is 2.08. The van der Waals surface area contributed by atoms with Gasteiger partial charge in [-0.3, -0.25) is 5.43 Å². The second-order valence-electron chi connectivity index (χ2n) is 4.17. The minimum Gasteiger partial charge on any atom is -0.434 e. The molecular weight excluding hydrogens is 335 g/mol. The number of ether oxygens (including phenoxy) is 1. The van der Waals surface area contributed by atoms with Crippen molar-refractivity contribution in [3.8, 4) is 5.75 Å². The van der Waals surface area contributed by atoms with Crippen molar-refractivity contribution in [3.63, 3.8) is 0 Å². The number of para-hydroxylation sites is 1. The van der Waals surface area contributed by atoms with Crippen LogP contribution in [-0.2, 0) is 0 Å². The predicted octanol–water partition coefficient (Wildman–Crippen LogP) is 4.83. The van der Waals surface area contributed by atoms with E-state index in [4.69, 9.17) is 23.2 Å². The van der Waals surface area contributed by atoms with Crippen molar-refractivity contribution >= 4 is 34.7 Å². The number of rotatable bonds is 5. The zero-order chi connectivity index (χ0) is 16.1. The molecule has 1 aromatic carbocycles. The average Bonchev–Trinajstić information content (AvgIpc) is 2.46. The third-order valence-corrected chi connectivity index (χ3v) is 3.13. The molecule has 0 radical (unpaired) electrons. The zero-order valence-corrected chi connectivity index (χ0v) is 12.9. The lowest BCUT2D eigenvalue weighted by Crippen LogP contribution is -2.08. The van der Waals surface area contributed by atoms with Crippen molar-refractivity contribution in [1.29, 1.82) is 0 Å². The topological polar surface area (TPSA) is 46.5 Å². The molecule has 0 amide bonds. The Morgan fingerprint density at radius 1 is 1.32 bits per heavy atom. The lowest BCUT2D eigenvalue weighted by Gasteiger charge is -2.10. The molecule has 1 aromatic heterocycles. The smallest absolute Gasteiger partial charge is 0.387 e. The molecule has 2 rings (SSSR count). The molecule has 0 aliphatic heterocycles. The fraction of sp³-hybridized carbons (Fsp3) is 0.143. The van der Waals surface area contributed by atoms with Crippen LogP contribution in [0.2, 0.25) is 10.0 Å². The normalized spacial score (nSPS) is 11.6. The van der Waals surface area contributed by atoms with Crippen molar-refractivity contribution in [2.45, 2.75) is 13.5 Å². The summed E-state index contributed by atoms with van der Waals surface area (Å²) in [5.74, 6) is 0.341. The lowest BCUT2D eigenvalue weighted by atomic mass is 10.1. The number of anilines is 1. The van der Waals surface area contributed by atoms with Gasteiger partial charge in [-0.05, 0) is 25.1 Å². The summed E-state index contributed by atoms with van der Waals surface area (Å²) in [4.78, 5) is 3.98. The molecule has 8 heteroatoms. The Labute approximate surface area is 135 Å². The number of nitrogens with one attached hydrogen (secondary N) is 1. The van der Waals surface area contributed by atoms with Crippen LogP contribution in [0.25, 0.3) is 0 Å². The van der Waals surface area contributed by atoms with Gasteiger partial charge in [0.25, 0.3) is 0 Å². The molecule has 0 aliphatic carbocycles. The molecule has 4 nitrogen and oxygen atoms in total. The lowest BCUT2D eigenvalue weighted by molar-refractivity contribution is -0.0499. The first-order chi connectivity index (χ1) is 10.5. The summed E-state index contributed by atoms with van der Waals surface area (Å²) in [5, 5.41) is 4.76. The predicted molar refractivity (Wildman–Crippen MR) is 83.2 cm³/mol. The molecular formula is C14H11Cl2F2N3O. The van der Waals surface area contributed by atoms with E-state index < -0.39 is 6.61 Å². The highest BCUT2D eigenvalue weighted by molar-refractivity contribution is 6.35. The van der Waals surface area contributed by atoms with Crippen molar-refractivity contribution < 1.29 is 13.5 Å². The number of hydrogen-bond acceptors (Lipinski definition) is 4. The number of benzene rings is 1. The first kappa shape index (κ1) is 16.5. The molecule has 22 heavy (non-hydrogen) atoms. The van der Waals surface area contributed by atoms with Gasteiger partial charge in [-0.25, -0.2) is 4.98 Å². The van der Waals surface area contributed by atoms with E-state index in [1.165, 1.54) is 18.3 Å². The summed E-state index contributed by atoms with van der Waals surface area (Å²) in [6, 6.07) is 7.86. The van der Waals surface area contributed by atoms with Gasteiger partial charge in [0.05, 0.1) is 15.8 Å². The molecule has 0 saturated carbocycles. The Kier molecular flexibility index (Phi) is 5.51. The number of alkyl halides is 2. The number of pyridine rings is 1. The Hall–Kier alpha value is -1.92. The number of nitrogens with zero attached hydrogens (tertiary/aromatic N) is 2. The van der Waals surface area contributed by atoms with E-state index in [2.05, 4.69) is 20.2 Å². The molecule has 0 saturated heterocycles. The van der Waals surface area contributed by atoms with Gasteiger partial charge in [-0.1, -0.05) is 35.3 Å². The van der Waals surface area contributed by atoms with Crippen LogP contribution in [0.15, 0.2) is 41.6 Å². The van der Waals surface area contributed by atoms with Crippen LogP contribution in [-0.4, -0.2) is 17.3 Å². The summed E-state index contributed by atoms with van der Waals surface area (Å²) in [7, 11) is 0. The van der Waals surface area contributed by atoms with Crippen LogP contribution < -0.4 is 10.2 Å².